The molecule has 1 unspecified atom stereocenters. The summed E-state index contributed by atoms with van der Waals surface area (Å²) in [6, 6.07) is 3.99. The molecule has 0 aromatic carbocycles. The second-order valence-corrected chi connectivity index (χ2v) is 6.14. The molecule has 82 valence electrons. The highest BCUT2D eigenvalue weighted by atomic mass is 32.2. The Hall–Kier alpha value is -0.480. The summed E-state index contributed by atoms with van der Waals surface area (Å²) in [7, 11) is 0. The second kappa shape index (κ2) is 5.56. The van der Waals surface area contributed by atoms with Crippen molar-refractivity contribution in [2.24, 2.45) is 0 Å². The summed E-state index contributed by atoms with van der Waals surface area (Å²) in [5.41, 5.74) is 0. The Labute approximate surface area is 98.5 Å². The zero-order valence-electron chi connectivity index (χ0n) is 8.57. The smallest absolute Gasteiger partial charge is 0.225 e. The fourth-order valence-corrected chi connectivity index (χ4v) is 3.57. The van der Waals surface area contributed by atoms with Crippen LogP contribution in [-0.2, 0) is 11.2 Å². The topological polar surface area (TPSA) is 29.1 Å². The fourth-order valence-electron chi connectivity index (χ4n) is 1.67. The van der Waals surface area contributed by atoms with Crippen molar-refractivity contribution in [3.05, 3.63) is 22.4 Å². The van der Waals surface area contributed by atoms with Crippen molar-refractivity contribution in [1.29, 1.82) is 0 Å². The number of hydrogen-bond donors (Lipinski definition) is 1. The van der Waals surface area contributed by atoms with Crippen LogP contribution < -0.4 is 5.32 Å². The molecule has 1 atom stereocenters. The summed E-state index contributed by atoms with van der Waals surface area (Å²) < 4.78 is 0. The second-order valence-electron chi connectivity index (χ2n) is 3.70. The normalized spacial score (nSPS) is 20.4. The number of nitrogens with one attached hydrogen (secondary N) is 1. The number of thioether (sulfide) groups is 1. The number of amides is 1. The van der Waals surface area contributed by atoms with E-state index in [-0.39, 0.29) is 5.91 Å². The molecule has 0 saturated carbocycles. The molecule has 4 heteroatoms. The maximum atomic E-state index is 11.6. The highest BCUT2D eigenvalue weighted by molar-refractivity contribution is 8.00. The molecular weight excluding hydrogens is 226 g/mol. The first kappa shape index (κ1) is 11.0. The summed E-state index contributed by atoms with van der Waals surface area (Å²) in [5, 5.41) is 5.67. The lowest BCUT2D eigenvalue weighted by Gasteiger charge is -2.09. The first-order chi connectivity index (χ1) is 7.34. The highest BCUT2D eigenvalue weighted by Crippen LogP contribution is 2.25. The van der Waals surface area contributed by atoms with Gasteiger partial charge in [0.05, 0.1) is 6.42 Å². The van der Waals surface area contributed by atoms with E-state index in [9.17, 15) is 4.79 Å². The molecule has 1 N–H and O–H groups in total. The maximum Gasteiger partial charge on any atom is 0.225 e. The summed E-state index contributed by atoms with van der Waals surface area (Å²) >= 11 is 3.62. The van der Waals surface area contributed by atoms with Crippen molar-refractivity contribution in [2.75, 3.05) is 12.3 Å². The number of hydrogen-bond acceptors (Lipinski definition) is 3. The highest BCUT2D eigenvalue weighted by Gasteiger charge is 2.16. The third kappa shape index (κ3) is 3.54. The Morgan fingerprint density at radius 1 is 1.60 bits per heavy atom. The lowest BCUT2D eigenvalue weighted by atomic mass is 10.2. The standard InChI is InChI=1S/C11H15NOS2/c13-11(7-9-3-1-5-14-9)12-8-10-4-2-6-15-10/h1,3,5,10H,2,4,6-8H2,(H,12,13). The number of carbonyl (C=O) groups excluding carboxylic acids is 1. The molecule has 1 saturated heterocycles. The first-order valence-electron chi connectivity index (χ1n) is 5.25. The van der Waals surface area contributed by atoms with E-state index in [1.165, 1.54) is 18.6 Å². The van der Waals surface area contributed by atoms with Crippen LogP contribution in [-0.4, -0.2) is 23.5 Å². The first-order valence-corrected chi connectivity index (χ1v) is 7.18. The number of rotatable bonds is 4. The molecule has 1 aromatic heterocycles. The summed E-state index contributed by atoms with van der Waals surface area (Å²) in [4.78, 5) is 12.7. The van der Waals surface area contributed by atoms with Gasteiger partial charge in [-0.3, -0.25) is 4.79 Å². The average Bonchev–Trinajstić information content (AvgIpc) is 2.86. The van der Waals surface area contributed by atoms with Crippen LogP contribution in [0.4, 0.5) is 0 Å². The molecule has 0 aliphatic carbocycles. The molecule has 0 radical (unpaired) electrons. The van der Waals surface area contributed by atoms with Gasteiger partial charge in [0.25, 0.3) is 0 Å². The van der Waals surface area contributed by atoms with Gasteiger partial charge in [-0.05, 0) is 30.0 Å². The van der Waals surface area contributed by atoms with E-state index < -0.39 is 0 Å². The van der Waals surface area contributed by atoms with E-state index in [1.807, 2.05) is 29.3 Å². The minimum Gasteiger partial charge on any atom is -0.355 e. The Morgan fingerprint density at radius 2 is 2.53 bits per heavy atom. The zero-order chi connectivity index (χ0) is 10.5. The molecular formula is C11H15NOS2. The predicted molar refractivity (Wildman–Crippen MR) is 66.5 cm³/mol. The average molecular weight is 241 g/mol. The molecule has 0 bridgehead atoms. The van der Waals surface area contributed by atoms with Crippen molar-refractivity contribution in [1.82, 2.24) is 5.32 Å². The van der Waals surface area contributed by atoms with Gasteiger partial charge >= 0.3 is 0 Å². The Bertz CT molecular complexity index is 304. The summed E-state index contributed by atoms with van der Waals surface area (Å²) in [5.74, 6) is 1.41. The van der Waals surface area contributed by atoms with Gasteiger partial charge in [0.2, 0.25) is 5.91 Å². The molecule has 15 heavy (non-hydrogen) atoms. The van der Waals surface area contributed by atoms with Crippen molar-refractivity contribution in [3.63, 3.8) is 0 Å². The van der Waals surface area contributed by atoms with Crippen LogP contribution in [0.2, 0.25) is 0 Å². The monoisotopic (exact) mass is 241 g/mol. The molecule has 0 spiro atoms. The van der Waals surface area contributed by atoms with Crippen molar-refractivity contribution in [3.8, 4) is 0 Å². The minimum absolute atomic E-state index is 0.157. The van der Waals surface area contributed by atoms with Crippen LogP contribution >= 0.6 is 23.1 Å². The van der Waals surface area contributed by atoms with Gasteiger partial charge in [-0.15, -0.1) is 11.3 Å². The fraction of sp³-hybridized carbons (Fsp3) is 0.545. The van der Waals surface area contributed by atoms with Crippen LogP contribution in [0.25, 0.3) is 0 Å². The Balaban J connectivity index is 1.68. The zero-order valence-corrected chi connectivity index (χ0v) is 10.2. The van der Waals surface area contributed by atoms with Gasteiger partial charge in [0.15, 0.2) is 0 Å². The van der Waals surface area contributed by atoms with E-state index >= 15 is 0 Å². The third-order valence-corrected chi connectivity index (χ3v) is 4.74. The largest absolute Gasteiger partial charge is 0.355 e. The lowest BCUT2D eigenvalue weighted by Crippen LogP contribution is -2.30. The number of thiophene rings is 1. The van der Waals surface area contributed by atoms with Crippen LogP contribution in [0, 0.1) is 0 Å². The Morgan fingerprint density at radius 3 is 3.20 bits per heavy atom. The van der Waals surface area contributed by atoms with E-state index in [0.29, 0.717) is 11.7 Å². The molecule has 1 amide bonds. The minimum atomic E-state index is 0.157. The van der Waals surface area contributed by atoms with E-state index in [4.69, 9.17) is 0 Å². The van der Waals surface area contributed by atoms with Gasteiger partial charge < -0.3 is 5.32 Å². The quantitative estimate of drug-likeness (QED) is 0.876. The van der Waals surface area contributed by atoms with Gasteiger partial charge in [0, 0.05) is 16.7 Å². The van der Waals surface area contributed by atoms with Gasteiger partial charge in [-0.1, -0.05) is 6.07 Å². The van der Waals surface area contributed by atoms with Crippen LogP contribution in [0.3, 0.4) is 0 Å². The molecule has 1 aliphatic heterocycles. The molecule has 2 nitrogen and oxygen atoms in total. The summed E-state index contributed by atoms with van der Waals surface area (Å²) in [6.07, 6.45) is 3.09. The SMILES string of the molecule is O=C(Cc1cccs1)NCC1CCCS1. The molecule has 1 fully saturated rings. The van der Waals surface area contributed by atoms with Gasteiger partial charge in [-0.25, -0.2) is 0 Å². The lowest BCUT2D eigenvalue weighted by molar-refractivity contribution is -0.120. The molecule has 1 aromatic rings. The molecule has 2 heterocycles. The van der Waals surface area contributed by atoms with Crippen molar-refractivity contribution in [2.45, 2.75) is 24.5 Å². The van der Waals surface area contributed by atoms with Gasteiger partial charge in [0.1, 0.15) is 0 Å². The predicted octanol–water partition coefficient (Wildman–Crippen LogP) is 2.30. The summed E-state index contributed by atoms with van der Waals surface area (Å²) in [6.45, 7) is 0.842. The molecule has 2 rings (SSSR count). The third-order valence-electron chi connectivity index (χ3n) is 2.47. The van der Waals surface area contributed by atoms with Crippen molar-refractivity contribution >= 4 is 29.0 Å². The van der Waals surface area contributed by atoms with E-state index in [2.05, 4.69) is 5.32 Å². The van der Waals surface area contributed by atoms with Crippen LogP contribution in [0.15, 0.2) is 17.5 Å². The number of carbonyl (C=O) groups is 1. The van der Waals surface area contributed by atoms with E-state index in [0.717, 1.165) is 11.4 Å². The Kier molecular flexibility index (Phi) is 4.09. The van der Waals surface area contributed by atoms with Crippen molar-refractivity contribution < 1.29 is 4.79 Å². The van der Waals surface area contributed by atoms with Crippen LogP contribution in [0.1, 0.15) is 17.7 Å². The molecule has 1 aliphatic rings. The maximum absolute atomic E-state index is 11.6. The van der Waals surface area contributed by atoms with Gasteiger partial charge in [-0.2, -0.15) is 11.8 Å². The van der Waals surface area contributed by atoms with Crippen LogP contribution in [0.5, 0.6) is 0 Å². The van der Waals surface area contributed by atoms with E-state index in [1.54, 1.807) is 11.3 Å².